The third-order valence-electron chi connectivity index (χ3n) is 5.11. The maximum atomic E-state index is 12.3. The predicted octanol–water partition coefficient (Wildman–Crippen LogP) is 4.77. The molecule has 0 saturated carbocycles. The third kappa shape index (κ3) is 6.63. The first-order chi connectivity index (χ1) is 14.5. The lowest BCUT2D eigenvalue weighted by atomic mass is 10.1. The average Bonchev–Trinajstić information content (AvgIpc) is 3.26. The van der Waals surface area contributed by atoms with E-state index in [4.69, 9.17) is 9.47 Å². The molecule has 0 unspecified atom stereocenters. The number of ether oxygens (including phenoxy) is 2. The van der Waals surface area contributed by atoms with Crippen molar-refractivity contribution >= 4 is 17.7 Å². The summed E-state index contributed by atoms with van der Waals surface area (Å²) in [5, 5.41) is 2.91. The van der Waals surface area contributed by atoms with Crippen LogP contribution in [0.15, 0.2) is 48.5 Å². The molecule has 1 fully saturated rings. The second kappa shape index (κ2) is 10.8. The summed E-state index contributed by atoms with van der Waals surface area (Å²) in [6.45, 7) is 7.49. The fraction of sp³-hybridized carbons (Fsp3) is 0.400. The zero-order valence-corrected chi connectivity index (χ0v) is 18.2. The Morgan fingerprint density at radius 2 is 1.83 bits per heavy atom. The summed E-state index contributed by atoms with van der Waals surface area (Å²) in [5.74, 6) is 1.18. The van der Waals surface area contributed by atoms with Gasteiger partial charge in [0.2, 0.25) is 5.91 Å². The Hall–Kier alpha value is -2.79. The molecule has 2 aromatic rings. The second-order valence-electron chi connectivity index (χ2n) is 7.90. The highest BCUT2D eigenvalue weighted by Crippen LogP contribution is 2.29. The van der Waals surface area contributed by atoms with Gasteiger partial charge < -0.3 is 19.7 Å². The van der Waals surface area contributed by atoms with E-state index in [9.17, 15) is 4.79 Å². The van der Waals surface area contributed by atoms with Gasteiger partial charge in [0.25, 0.3) is 0 Å². The van der Waals surface area contributed by atoms with E-state index in [2.05, 4.69) is 22.3 Å². The Morgan fingerprint density at radius 3 is 2.50 bits per heavy atom. The van der Waals surface area contributed by atoms with E-state index < -0.39 is 0 Å². The Kier molecular flexibility index (Phi) is 7.91. The van der Waals surface area contributed by atoms with Crippen LogP contribution in [0, 0.1) is 0 Å². The molecule has 1 heterocycles. The molecule has 5 nitrogen and oxygen atoms in total. The number of amides is 1. The Balaban J connectivity index is 1.52. The van der Waals surface area contributed by atoms with E-state index in [1.165, 1.54) is 37.6 Å². The average molecular weight is 409 g/mol. The molecule has 1 saturated heterocycles. The minimum Gasteiger partial charge on any atom is -0.493 e. The first-order valence-electron chi connectivity index (χ1n) is 10.7. The lowest BCUT2D eigenvalue weighted by molar-refractivity contribution is -0.111. The fourth-order valence-electron chi connectivity index (χ4n) is 3.54. The number of hydrogen-bond donors (Lipinski definition) is 1. The van der Waals surface area contributed by atoms with Crippen molar-refractivity contribution in [2.24, 2.45) is 0 Å². The molecule has 2 aromatic carbocycles. The highest BCUT2D eigenvalue weighted by Gasteiger charge is 2.11. The van der Waals surface area contributed by atoms with E-state index in [0.29, 0.717) is 11.5 Å². The van der Waals surface area contributed by atoms with Gasteiger partial charge in [-0.3, -0.25) is 4.79 Å². The number of nitrogens with zero attached hydrogens (tertiary/aromatic N) is 1. The van der Waals surface area contributed by atoms with Gasteiger partial charge in [-0.1, -0.05) is 18.2 Å². The normalized spacial score (nSPS) is 14.4. The monoisotopic (exact) mass is 408 g/mol. The third-order valence-corrected chi connectivity index (χ3v) is 5.11. The number of methoxy groups -OCH3 is 1. The lowest BCUT2D eigenvalue weighted by Crippen LogP contribution is -2.21. The molecule has 1 amide bonds. The Bertz CT molecular complexity index is 853. The van der Waals surface area contributed by atoms with Crippen LogP contribution in [0.2, 0.25) is 0 Å². The highest BCUT2D eigenvalue weighted by atomic mass is 16.5. The van der Waals surface area contributed by atoms with Crippen LogP contribution in [0.3, 0.4) is 0 Å². The lowest BCUT2D eigenvalue weighted by Gasteiger charge is -2.14. The molecule has 1 aliphatic rings. The van der Waals surface area contributed by atoms with Crippen molar-refractivity contribution in [1.82, 2.24) is 4.90 Å². The van der Waals surface area contributed by atoms with Gasteiger partial charge in [0.15, 0.2) is 11.5 Å². The van der Waals surface area contributed by atoms with Gasteiger partial charge in [0, 0.05) is 18.3 Å². The summed E-state index contributed by atoms with van der Waals surface area (Å²) in [5.41, 5.74) is 2.97. The molecule has 30 heavy (non-hydrogen) atoms. The fourth-order valence-corrected chi connectivity index (χ4v) is 3.54. The Morgan fingerprint density at radius 1 is 1.10 bits per heavy atom. The highest BCUT2D eigenvalue weighted by molar-refractivity contribution is 6.01. The SMILES string of the molecule is COc1cc(/C=C/C(=O)Nc2ccc(CCN3CCCC3)cc2)ccc1OC(C)C. The first kappa shape index (κ1) is 21.9. The van der Waals surface area contributed by atoms with Crippen molar-refractivity contribution in [3.05, 3.63) is 59.7 Å². The maximum absolute atomic E-state index is 12.3. The van der Waals surface area contributed by atoms with Crippen molar-refractivity contribution < 1.29 is 14.3 Å². The molecule has 1 aliphatic heterocycles. The zero-order valence-electron chi connectivity index (χ0n) is 18.2. The molecule has 0 bridgehead atoms. The van der Waals surface area contributed by atoms with Crippen LogP contribution in [0.5, 0.6) is 11.5 Å². The molecule has 0 spiro atoms. The molecule has 0 aromatic heterocycles. The van der Waals surface area contributed by atoms with Gasteiger partial charge in [0.05, 0.1) is 13.2 Å². The van der Waals surface area contributed by atoms with Gasteiger partial charge >= 0.3 is 0 Å². The van der Waals surface area contributed by atoms with Crippen LogP contribution in [0.1, 0.15) is 37.8 Å². The number of rotatable bonds is 9. The summed E-state index contributed by atoms with van der Waals surface area (Å²) in [4.78, 5) is 14.8. The van der Waals surface area contributed by atoms with Gasteiger partial charge in [-0.05, 0) is 87.7 Å². The van der Waals surface area contributed by atoms with Crippen LogP contribution in [-0.2, 0) is 11.2 Å². The van der Waals surface area contributed by atoms with E-state index in [1.54, 1.807) is 13.2 Å². The Labute approximate surface area is 179 Å². The topological polar surface area (TPSA) is 50.8 Å². The van der Waals surface area contributed by atoms with E-state index in [-0.39, 0.29) is 12.0 Å². The maximum Gasteiger partial charge on any atom is 0.248 e. The van der Waals surface area contributed by atoms with Crippen molar-refractivity contribution in [3.8, 4) is 11.5 Å². The standard InChI is InChI=1S/C25H32N2O3/c1-19(2)30-23-12-8-21(18-24(23)29-3)9-13-25(28)26-22-10-6-20(7-11-22)14-17-27-15-4-5-16-27/h6-13,18-19H,4-5,14-17H2,1-3H3,(H,26,28)/b13-9+. The van der Waals surface area contributed by atoms with Crippen molar-refractivity contribution in [3.63, 3.8) is 0 Å². The minimum atomic E-state index is -0.165. The van der Waals surface area contributed by atoms with Crippen molar-refractivity contribution in [1.29, 1.82) is 0 Å². The summed E-state index contributed by atoms with van der Waals surface area (Å²) < 4.78 is 11.1. The van der Waals surface area contributed by atoms with Gasteiger partial charge in [-0.15, -0.1) is 0 Å². The molecule has 160 valence electrons. The second-order valence-corrected chi connectivity index (χ2v) is 7.90. The summed E-state index contributed by atoms with van der Waals surface area (Å²) in [7, 11) is 1.61. The number of hydrogen-bond acceptors (Lipinski definition) is 4. The largest absolute Gasteiger partial charge is 0.493 e. The van der Waals surface area contributed by atoms with Crippen LogP contribution < -0.4 is 14.8 Å². The molecule has 3 rings (SSSR count). The van der Waals surface area contributed by atoms with Crippen LogP contribution in [0.25, 0.3) is 6.08 Å². The molecule has 0 radical (unpaired) electrons. The molecule has 0 aliphatic carbocycles. The number of likely N-dealkylation sites (tertiary alicyclic amines) is 1. The molecule has 1 N–H and O–H groups in total. The molecule has 0 atom stereocenters. The number of anilines is 1. The smallest absolute Gasteiger partial charge is 0.248 e. The first-order valence-corrected chi connectivity index (χ1v) is 10.7. The van der Waals surface area contributed by atoms with Gasteiger partial charge in [-0.2, -0.15) is 0 Å². The summed E-state index contributed by atoms with van der Waals surface area (Å²) in [6, 6.07) is 13.7. The molecular formula is C25H32N2O3. The molecular weight excluding hydrogens is 376 g/mol. The van der Waals surface area contributed by atoms with Gasteiger partial charge in [0.1, 0.15) is 0 Å². The van der Waals surface area contributed by atoms with E-state index in [1.807, 2.05) is 44.2 Å². The minimum absolute atomic E-state index is 0.0673. The van der Waals surface area contributed by atoms with Crippen molar-refractivity contribution in [2.75, 3.05) is 32.1 Å². The summed E-state index contributed by atoms with van der Waals surface area (Å²) in [6.07, 6.45) is 7.05. The van der Waals surface area contributed by atoms with Crippen LogP contribution >= 0.6 is 0 Å². The van der Waals surface area contributed by atoms with Crippen molar-refractivity contribution in [2.45, 2.75) is 39.2 Å². The zero-order chi connectivity index (χ0) is 21.3. The predicted molar refractivity (Wildman–Crippen MR) is 122 cm³/mol. The number of carbonyl (C=O) groups excluding carboxylic acids is 1. The molecule has 5 heteroatoms. The van der Waals surface area contributed by atoms with Gasteiger partial charge in [-0.25, -0.2) is 0 Å². The van der Waals surface area contributed by atoms with E-state index >= 15 is 0 Å². The number of carbonyl (C=O) groups is 1. The number of benzene rings is 2. The van der Waals surface area contributed by atoms with Crippen LogP contribution in [0.4, 0.5) is 5.69 Å². The summed E-state index contributed by atoms with van der Waals surface area (Å²) >= 11 is 0. The number of nitrogens with one attached hydrogen (secondary N) is 1. The van der Waals surface area contributed by atoms with Crippen LogP contribution in [-0.4, -0.2) is 43.7 Å². The quantitative estimate of drug-likeness (QED) is 0.607. The van der Waals surface area contributed by atoms with E-state index in [0.717, 1.165) is 24.2 Å².